The summed E-state index contributed by atoms with van der Waals surface area (Å²) in [4.78, 5) is 23.3. The van der Waals surface area contributed by atoms with Crippen molar-refractivity contribution < 1.29 is 14.0 Å². The third kappa shape index (κ3) is 4.74. The first kappa shape index (κ1) is 19.6. The Morgan fingerprint density at radius 1 is 1.11 bits per heavy atom. The van der Waals surface area contributed by atoms with Gasteiger partial charge in [-0.25, -0.2) is 4.39 Å². The number of amides is 2. The molecule has 7 nitrogen and oxygen atoms in total. The number of carbonyl (C=O) groups is 2. The highest BCUT2D eigenvalue weighted by molar-refractivity contribution is 7.99. The summed E-state index contributed by atoms with van der Waals surface area (Å²) in [5, 5.41) is 14.1. The van der Waals surface area contributed by atoms with E-state index in [0.29, 0.717) is 16.7 Å². The highest BCUT2D eigenvalue weighted by atomic mass is 32.2. The molecule has 2 amide bonds. The van der Waals surface area contributed by atoms with E-state index < -0.39 is 5.82 Å². The molecule has 0 saturated heterocycles. The van der Waals surface area contributed by atoms with Gasteiger partial charge in [-0.2, -0.15) is 0 Å². The van der Waals surface area contributed by atoms with Crippen LogP contribution in [-0.4, -0.2) is 32.3 Å². The molecule has 144 valence electrons. The maximum Gasteiger partial charge on any atom is 0.234 e. The molecule has 0 atom stereocenters. The van der Waals surface area contributed by atoms with Crippen LogP contribution in [0, 0.1) is 5.82 Å². The largest absolute Gasteiger partial charge is 0.326 e. The van der Waals surface area contributed by atoms with Crippen LogP contribution in [-0.2, 0) is 16.6 Å². The summed E-state index contributed by atoms with van der Waals surface area (Å²) in [6.07, 6.45) is 0. The van der Waals surface area contributed by atoms with Crippen molar-refractivity contribution in [1.82, 2.24) is 14.8 Å². The first-order valence-corrected chi connectivity index (χ1v) is 9.37. The fraction of sp³-hybridized carbons (Fsp3) is 0.158. The van der Waals surface area contributed by atoms with Crippen LogP contribution >= 0.6 is 11.8 Å². The van der Waals surface area contributed by atoms with Gasteiger partial charge in [-0.15, -0.1) is 10.2 Å². The Morgan fingerprint density at radius 3 is 2.64 bits per heavy atom. The number of halogens is 1. The highest BCUT2D eigenvalue weighted by Crippen LogP contribution is 2.25. The lowest BCUT2D eigenvalue weighted by Crippen LogP contribution is -2.15. The van der Waals surface area contributed by atoms with E-state index in [1.54, 1.807) is 35.9 Å². The van der Waals surface area contributed by atoms with Crippen molar-refractivity contribution in [2.24, 2.45) is 7.05 Å². The third-order valence-corrected chi connectivity index (χ3v) is 4.78. The average molecular weight is 399 g/mol. The van der Waals surface area contributed by atoms with Crippen LogP contribution in [0.2, 0.25) is 0 Å². The van der Waals surface area contributed by atoms with Crippen molar-refractivity contribution in [2.45, 2.75) is 12.1 Å². The number of hydrogen-bond donors (Lipinski definition) is 2. The predicted molar refractivity (Wildman–Crippen MR) is 106 cm³/mol. The number of anilines is 2. The number of rotatable bonds is 6. The van der Waals surface area contributed by atoms with Crippen molar-refractivity contribution in [1.29, 1.82) is 0 Å². The van der Waals surface area contributed by atoms with E-state index in [4.69, 9.17) is 0 Å². The van der Waals surface area contributed by atoms with Crippen LogP contribution in [0.3, 0.4) is 0 Å². The lowest BCUT2D eigenvalue weighted by Gasteiger charge is -2.07. The van der Waals surface area contributed by atoms with E-state index in [9.17, 15) is 14.0 Å². The van der Waals surface area contributed by atoms with Crippen LogP contribution in [0.1, 0.15) is 6.92 Å². The molecule has 0 bridgehead atoms. The summed E-state index contributed by atoms with van der Waals surface area (Å²) in [6, 6.07) is 13.2. The smallest absolute Gasteiger partial charge is 0.234 e. The first-order valence-electron chi connectivity index (χ1n) is 8.38. The third-order valence-electron chi connectivity index (χ3n) is 3.76. The fourth-order valence-electron chi connectivity index (χ4n) is 2.51. The van der Waals surface area contributed by atoms with Gasteiger partial charge in [0, 0.05) is 25.2 Å². The van der Waals surface area contributed by atoms with Gasteiger partial charge in [0.1, 0.15) is 5.82 Å². The molecular weight excluding hydrogens is 381 g/mol. The van der Waals surface area contributed by atoms with Crippen molar-refractivity contribution in [2.75, 3.05) is 16.4 Å². The minimum absolute atomic E-state index is 0.0617. The lowest BCUT2D eigenvalue weighted by molar-refractivity contribution is -0.114. The van der Waals surface area contributed by atoms with Gasteiger partial charge in [0.2, 0.25) is 11.8 Å². The Kier molecular flexibility index (Phi) is 6.05. The maximum atomic E-state index is 13.6. The number of carbonyl (C=O) groups excluding carboxylic acids is 2. The van der Waals surface area contributed by atoms with E-state index in [0.717, 1.165) is 5.56 Å². The Bertz CT molecular complexity index is 1020. The highest BCUT2D eigenvalue weighted by Gasteiger charge is 2.14. The molecule has 0 spiro atoms. The van der Waals surface area contributed by atoms with Crippen molar-refractivity contribution in [3.05, 3.63) is 54.3 Å². The minimum Gasteiger partial charge on any atom is -0.326 e. The molecule has 0 aliphatic carbocycles. The number of aromatic nitrogens is 3. The van der Waals surface area contributed by atoms with E-state index >= 15 is 0 Å². The molecule has 0 aliphatic heterocycles. The second kappa shape index (κ2) is 8.66. The van der Waals surface area contributed by atoms with Gasteiger partial charge in [0.25, 0.3) is 0 Å². The van der Waals surface area contributed by atoms with E-state index in [-0.39, 0.29) is 23.3 Å². The number of para-hydroxylation sites is 1. The number of benzene rings is 2. The number of thioether (sulfide) groups is 1. The molecule has 1 heterocycles. The Hall–Kier alpha value is -3.20. The molecule has 28 heavy (non-hydrogen) atoms. The van der Waals surface area contributed by atoms with Gasteiger partial charge in [-0.05, 0) is 24.3 Å². The van der Waals surface area contributed by atoms with Gasteiger partial charge in [-0.1, -0.05) is 36.0 Å². The normalized spacial score (nSPS) is 10.5. The second-order valence-corrected chi connectivity index (χ2v) is 6.89. The Balaban J connectivity index is 1.67. The predicted octanol–water partition coefficient (Wildman–Crippen LogP) is 3.31. The zero-order valence-electron chi connectivity index (χ0n) is 15.3. The molecule has 0 aliphatic rings. The molecule has 0 radical (unpaired) electrons. The average Bonchev–Trinajstić information content (AvgIpc) is 3.02. The molecular formula is C19H18FN5O2S. The van der Waals surface area contributed by atoms with Gasteiger partial charge < -0.3 is 15.2 Å². The lowest BCUT2D eigenvalue weighted by atomic mass is 10.2. The molecule has 0 unspecified atom stereocenters. The van der Waals surface area contributed by atoms with Crippen LogP contribution in [0.25, 0.3) is 11.4 Å². The molecule has 2 N–H and O–H groups in total. The summed E-state index contributed by atoms with van der Waals surface area (Å²) in [5.41, 5.74) is 1.58. The van der Waals surface area contributed by atoms with Crippen molar-refractivity contribution >= 4 is 35.0 Å². The molecule has 1 aromatic heterocycles. The van der Waals surface area contributed by atoms with E-state index in [2.05, 4.69) is 20.8 Å². The number of hydrogen-bond acceptors (Lipinski definition) is 5. The SMILES string of the molecule is CC(=O)Nc1cccc(-c2nnc(SCC(=O)Nc3ccccc3F)n2C)c1. The number of nitrogens with zero attached hydrogens (tertiary/aromatic N) is 3. The van der Waals surface area contributed by atoms with E-state index in [1.807, 2.05) is 12.1 Å². The molecule has 3 aromatic rings. The summed E-state index contributed by atoms with van der Waals surface area (Å²) < 4.78 is 15.4. The van der Waals surface area contributed by atoms with E-state index in [1.165, 1.54) is 30.8 Å². The number of nitrogens with one attached hydrogen (secondary N) is 2. The zero-order chi connectivity index (χ0) is 20.1. The standard InChI is InChI=1S/C19H18FN5O2S/c1-12(26)21-14-7-5-6-13(10-14)18-23-24-19(25(18)2)28-11-17(27)22-16-9-4-3-8-15(16)20/h3-10H,11H2,1-2H3,(H,21,26)(H,22,27). The summed E-state index contributed by atoms with van der Waals surface area (Å²) in [6.45, 7) is 1.44. The quantitative estimate of drug-likeness (QED) is 0.621. The van der Waals surface area contributed by atoms with Gasteiger partial charge >= 0.3 is 0 Å². The second-order valence-electron chi connectivity index (χ2n) is 5.94. The van der Waals surface area contributed by atoms with Gasteiger partial charge in [0.15, 0.2) is 11.0 Å². The topological polar surface area (TPSA) is 88.9 Å². The maximum absolute atomic E-state index is 13.6. The zero-order valence-corrected chi connectivity index (χ0v) is 16.1. The van der Waals surface area contributed by atoms with Crippen LogP contribution in [0.5, 0.6) is 0 Å². The summed E-state index contributed by atoms with van der Waals surface area (Å²) >= 11 is 1.20. The fourth-order valence-corrected chi connectivity index (χ4v) is 3.22. The summed E-state index contributed by atoms with van der Waals surface area (Å²) in [5.74, 6) is -0.323. The van der Waals surface area contributed by atoms with Crippen LogP contribution < -0.4 is 10.6 Å². The Labute approximate surface area is 165 Å². The Morgan fingerprint density at radius 2 is 1.89 bits per heavy atom. The van der Waals surface area contributed by atoms with Crippen molar-refractivity contribution in [3.63, 3.8) is 0 Å². The molecule has 2 aromatic carbocycles. The summed E-state index contributed by atoms with van der Waals surface area (Å²) in [7, 11) is 1.79. The molecule has 3 rings (SSSR count). The van der Waals surface area contributed by atoms with Crippen LogP contribution in [0.4, 0.5) is 15.8 Å². The van der Waals surface area contributed by atoms with Gasteiger partial charge in [-0.3, -0.25) is 9.59 Å². The van der Waals surface area contributed by atoms with Gasteiger partial charge in [0.05, 0.1) is 11.4 Å². The molecule has 9 heteroatoms. The van der Waals surface area contributed by atoms with Crippen molar-refractivity contribution in [3.8, 4) is 11.4 Å². The molecule has 0 saturated carbocycles. The van der Waals surface area contributed by atoms with Crippen LogP contribution in [0.15, 0.2) is 53.7 Å². The monoisotopic (exact) mass is 399 g/mol. The minimum atomic E-state index is -0.485. The molecule has 0 fully saturated rings. The first-order chi connectivity index (χ1) is 13.4.